The van der Waals surface area contributed by atoms with Crippen LogP contribution in [0.4, 0.5) is 0 Å². The van der Waals surface area contributed by atoms with E-state index in [9.17, 15) is 14.4 Å². The number of carbonyl (C=O) groups excluding carboxylic acids is 1. The number of benzene rings is 2. The molecule has 0 bridgehead atoms. The smallest absolute Gasteiger partial charge is 0.329 e. The molecule has 0 saturated carbocycles. The fraction of sp³-hybridized carbons (Fsp3) is 0.111. The van der Waals surface area contributed by atoms with Gasteiger partial charge in [-0.1, -0.05) is 24.3 Å². The monoisotopic (exact) mass is 366 g/mol. The minimum Gasteiger partial charge on any atom is -0.348 e. The summed E-state index contributed by atoms with van der Waals surface area (Å²) in [6.07, 6.45) is 0. The van der Waals surface area contributed by atoms with Crippen LogP contribution in [0.2, 0.25) is 0 Å². The molecule has 2 aromatic heterocycles. The van der Waals surface area contributed by atoms with Gasteiger partial charge in [0.05, 0.1) is 27.7 Å². The van der Waals surface area contributed by atoms with Gasteiger partial charge in [0.15, 0.2) is 0 Å². The van der Waals surface area contributed by atoms with Crippen molar-refractivity contribution in [2.45, 2.75) is 13.1 Å². The summed E-state index contributed by atoms with van der Waals surface area (Å²) < 4.78 is 1.94. The van der Waals surface area contributed by atoms with E-state index in [1.165, 1.54) is 11.3 Å². The molecule has 0 aliphatic rings. The van der Waals surface area contributed by atoms with Crippen molar-refractivity contribution >= 4 is 38.4 Å². The number of nitrogens with one attached hydrogen (secondary N) is 2. The molecular formula is C18H14N4O3S. The number of aromatic nitrogens is 3. The number of nitrogens with zero attached hydrogens (tertiary/aromatic N) is 2. The predicted molar refractivity (Wildman–Crippen MR) is 100 cm³/mol. The highest BCUT2D eigenvalue weighted by atomic mass is 32.1. The third kappa shape index (κ3) is 3.02. The lowest BCUT2D eigenvalue weighted by Gasteiger charge is -2.06. The summed E-state index contributed by atoms with van der Waals surface area (Å²) in [7, 11) is 0. The van der Waals surface area contributed by atoms with Gasteiger partial charge in [0.25, 0.3) is 5.56 Å². The summed E-state index contributed by atoms with van der Waals surface area (Å²) in [6, 6.07) is 14.4. The largest absolute Gasteiger partial charge is 0.348 e. The van der Waals surface area contributed by atoms with E-state index in [0.29, 0.717) is 10.9 Å². The van der Waals surface area contributed by atoms with E-state index in [2.05, 4.69) is 15.3 Å². The van der Waals surface area contributed by atoms with Crippen LogP contribution in [-0.4, -0.2) is 20.4 Å². The van der Waals surface area contributed by atoms with Gasteiger partial charge >= 0.3 is 5.69 Å². The molecule has 4 aromatic rings. The summed E-state index contributed by atoms with van der Waals surface area (Å²) in [5.41, 5.74) is 0.237. The molecule has 0 aliphatic heterocycles. The van der Waals surface area contributed by atoms with Gasteiger partial charge < -0.3 is 10.3 Å². The molecule has 2 N–H and O–H groups in total. The summed E-state index contributed by atoms with van der Waals surface area (Å²) in [5, 5.41) is 3.84. The number of hydrogen-bond donors (Lipinski definition) is 2. The molecule has 0 atom stereocenters. The molecule has 0 saturated heterocycles. The first-order valence-corrected chi connectivity index (χ1v) is 8.76. The Morgan fingerprint density at radius 2 is 1.88 bits per heavy atom. The number of thiazole rings is 1. The molecule has 2 heterocycles. The maximum absolute atomic E-state index is 12.4. The lowest BCUT2D eigenvalue weighted by molar-refractivity contribution is -0.121. The maximum Gasteiger partial charge on any atom is 0.329 e. The van der Waals surface area contributed by atoms with E-state index >= 15 is 0 Å². The second kappa shape index (κ2) is 6.57. The Morgan fingerprint density at radius 1 is 1.12 bits per heavy atom. The lowest BCUT2D eigenvalue weighted by Crippen LogP contribution is -2.40. The van der Waals surface area contributed by atoms with E-state index in [4.69, 9.17) is 0 Å². The Balaban J connectivity index is 1.52. The maximum atomic E-state index is 12.4. The number of para-hydroxylation sites is 2. The van der Waals surface area contributed by atoms with Crippen LogP contribution in [-0.2, 0) is 17.9 Å². The molecule has 8 heteroatoms. The Kier molecular flexibility index (Phi) is 4.10. The molecule has 26 heavy (non-hydrogen) atoms. The first-order chi connectivity index (χ1) is 12.6. The topological polar surface area (TPSA) is 96.9 Å². The SMILES string of the molecule is O=C(Cn1c(=O)[nH]c2ccccc2c1=O)NCc1nc2ccccc2s1. The minimum atomic E-state index is -0.608. The van der Waals surface area contributed by atoms with E-state index in [0.717, 1.165) is 19.8 Å². The van der Waals surface area contributed by atoms with Gasteiger partial charge in [-0.3, -0.25) is 14.2 Å². The molecule has 0 unspecified atom stereocenters. The highest BCUT2D eigenvalue weighted by Crippen LogP contribution is 2.21. The highest BCUT2D eigenvalue weighted by molar-refractivity contribution is 7.18. The quantitative estimate of drug-likeness (QED) is 0.573. The van der Waals surface area contributed by atoms with Gasteiger partial charge in [-0.05, 0) is 24.3 Å². The second-order valence-electron chi connectivity index (χ2n) is 5.72. The molecule has 2 aromatic carbocycles. The predicted octanol–water partition coefficient (Wildman–Crippen LogP) is 1.62. The number of fused-ring (bicyclic) bond motifs is 2. The van der Waals surface area contributed by atoms with Crippen LogP contribution >= 0.6 is 11.3 Å². The van der Waals surface area contributed by atoms with Crippen LogP contribution in [0.3, 0.4) is 0 Å². The van der Waals surface area contributed by atoms with Crippen LogP contribution in [0, 0.1) is 0 Å². The Hall–Kier alpha value is -3.26. The van der Waals surface area contributed by atoms with Crippen molar-refractivity contribution < 1.29 is 4.79 Å². The zero-order valence-corrected chi connectivity index (χ0v) is 14.4. The number of carbonyl (C=O) groups is 1. The van der Waals surface area contributed by atoms with Gasteiger partial charge in [0.1, 0.15) is 11.6 Å². The van der Waals surface area contributed by atoms with Crippen molar-refractivity contribution in [2.75, 3.05) is 0 Å². The van der Waals surface area contributed by atoms with E-state index < -0.39 is 17.2 Å². The number of H-pyrrole nitrogens is 1. The highest BCUT2D eigenvalue weighted by Gasteiger charge is 2.12. The van der Waals surface area contributed by atoms with Gasteiger partial charge in [0.2, 0.25) is 5.91 Å². The lowest BCUT2D eigenvalue weighted by atomic mass is 10.2. The van der Waals surface area contributed by atoms with Crippen LogP contribution in [0.25, 0.3) is 21.1 Å². The normalized spacial score (nSPS) is 11.1. The molecule has 4 rings (SSSR count). The fourth-order valence-corrected chi connectivity index (χ4v) is 3.62. The van der Waals surface area contributed by atoms with Crippen molar-refractivity contribution in [3.63, 3.8) is 0 Å². The van der Waals surface area contributed by atoms with Crippen LogP contribution in [0.1, 0.15) is 5.01 Å². The molecule has 1 amide bonds. The van der Waals surface area contributed by atoms with Crippen molar-refractivity contribution in [2.24, 2.45) is 0 Å². The molecule has 0 spiro atoms. The third-order valence-electron chi connectivity index (χ3n) is 3.97. The van der Waals surface area contributed by atoms with Crippen molar-refractivity contribution in [3.05, 3.63) is 74.4 Å². The first-order valence-electron chi connectivity index (χ1n) is 7.95. The van der Waals surface area contributed by atoms with Crippen molar-refractivity contribution in [1.82, 2.24) is 19.9 Å². The number of rotatable bonds is 4. The Labute approximate surface area is 150 Å². The van der Waals surface area contributed by atoms with Gasteiger partial charge in [-0.2, -0.15) is 0 Å². The third-order valence-corrected chi connectivity index (χ3v) is 5.00. The number of amides is 1. The van der Waals surface area contributed by atoms with Gasteiger partial charge in [-0.25, -0.2) is 9.78 Å². The number of hydrogen-bond acceptors (Lipinski definition) is 5. The fourth-order valence-electron chi connectivity index (χ4n) is 2.71. The van der Waals surface area contributed by atoms with Crippen LogP contribution in [0.5, 0.6) is 0 Å². The Morgan fingerprint density at radius 3 is 2.73 bits per heavy atom. The molecule has 130 valence electrons. The van der Waals surface area contributed by atoms with Crippen LogP contribution < -0.4 is 16.6 Å². The van der Waals surface area contributed by atoms with Crippen molar-refractivity contribution in [1.29, 1.82) is 0 Å². The molecule has 7 nitrogen and oxygen atoms in total. The molecule has 0 fully saturated rings. The zero-order chi connectivity index (χ0) is 18.1. The zero-order valence-electron chi connectivity index (χ0n) is 13.6. The number of aromatic amines is 1. The van der Waals surface area contributed by atoms with Gasteiger partial charge in [0, 0.05) is 0 Å². The average molecular weight is 366 g/mol. The molecule has 0 radical (unpaired) electrons. The van der Waals surface area contributed by atoms with Gasteiger partial charge in [-0.15, -0.1) is 11.3 Å². The summed E-state index contributed by atoms with van der Waals surface area (Å²) in [5.74, 6) is -0.424. The standard InChI is InChI=1S/C18H14N4O3S/c23-15(19-9-16-20-13-7-3-4-8-14(13)26-16)10-22-17(24)11-5-1-2-6-12(11)21-18(22)25/h1-8H,9-10H2,(H,19,23)(H,21,25). The van der Waals surface area contributed by atoms with Crippen LogP contribution in [0.15, 0.2) is 58.1 Å². The molecule has 0 aliphatic carbocycles. The van der Waals surface area contributed by atoms with E-state index in [1.807, 2.05) is 24.3 Å². The average Bonchev–Trinajstić information content (AvgIpc) is 3.06. The van der Waals surface area contributed by atoms with Crippen molar-refractivity contribution in [3.8, 4) is 0 Å². The summed E-state index contributed by atoms with van der Waals surface area (Å²) in [4.78, 5) is 43.8. The second-order valence-corrected chi connectivity index (χ2v) is 6.83. The van der Waals surface area contributed by atoms with E-state index in [1.54, 1.807) is 24.3 Å². The summed E-state index contributed by atoms with van der Waals surface area (Å²) >= 11 is 1.49. The Bertz CT molecular complexity index is 1210. The van der Waals surface area contributed by atoms with E-state index in [-0.39, 0.29) is 13.1 Å². The molecular weight excluding hydrogens is 352 g/mol. The first kappa shape index (κ1) is 16.2. The summed E-state index contributed by atoms with van der Waals surface area (Å²) in [6.45, 7) is -0.0949. The minimum absolute atomic E-state index is 0.248.